The number of hydrogen-bond donors (Lipinski definition) is 2. The van der Waals surface area contributed by atoms with Crippen LogP contribution in [-0.4, -0.2) is 50.3 Å². The van der Waals surface area contributed by atoms with Crippen LogP contribution in [0.3, 0.4) is 0 Å². The van der Waals surface area contributed by atoms with Gasteiger partial charge in [0.15, 0.2) is 16.8 Å². The minimum absolute atomic E-state index is 0.125. The van der Waals surface area contributed by atoms with Crippen molar-refractivity contribution >= 4 is 49.4 Å². The van der Waals surface area contributed by atoms with E-state index in [0.717, 1.165) is 11.3 Å². The average Bonchev–Trinajstić information content (AvgIpc) is 3.26. The lowest BCUT2D eigenvalue weighted by Gasteiger charge is -2.09. The predicted octanol–water partition coefficient (Wildman–Crippen LogP) is 2.40. The minimum Gasteiger partial charge on any atom is -0.486 e. The van der Waals surface area contributed by atoms with Crippen molar-refractivity contribution in [3.8, 4) is 10.8 Å². The quantitative estimate of drug-likeness (QED) is 0.467. The number of anilines is 1. The van der Waals surface area contributed by atoms with E-state index in [1.165, 1.54) is 17.9 Å². The van der Waals surface area contributed by atoms with Gasteiger partial charge in [-0.15, -0.1) is 0 Å². The van der Waals surface area contributed by atoms with Crippen molar-refractivity contribution in [2.24, 2.45) is 7.05 Å². The minimum atomic E-state index is -4.24. The maximum atomic E-state index is 12.9. The number of aromatic nitrogens is 2. The molecule has 2 aromatic heterocycles. The van der Waals surface area contributed by atoms with Gasteiger partial charge in [-0.3, -0.25) is 5.32 Å². The first kappa shape index (κ1) is 23.3. The zero-order chi connectivity index (χ0) is 23.5. The highest BCUT2D eigenvalue weighted by molar-refractivity contribution is 7.90. The van der Waals surface area contributed by atoms with Crippen molar-refractivity contribution in [1.82, 2.24) is 14.3 Å². The Bertz CT molecular complexity index is 1260. The number of benzene rings is 1. The fraction of sp³-hybridized carbons (Fsp3) is 0.316. The van der Waals surface area contributed by atoms with Crippen molar-refractivity contribution in [2.75, 3.05) is 25.6 Å². The number of aryl methyl sites for hydroxylation is 2. The third-order valence-electron chi connectivity index (χ3n) is 4.26. The van der Waals surface area contributed by atoms with Crippen molar-refractivity contribution in [2.45, 2.75) is 18.7 Å². The Morgan fingerprint density at radius 3 is 2.69 bits per heavy atom. The molecule has 2 N–H and O–H groups in total. The largest absolute Gasteiger partial charge is 0.486 e. The number of sulfonamides is 1. The number of fused-ring (bicyclic) bond motifs is 1. The number of hydrogen-bond acceptors (Lipinski definition) is 9. The van der Waals surface area contributed by atoms with E-state index in [-0.39, 0.29) is 23.2 Å². The number of para-hydroxylation sites is 1. The number of amides is 2. The van der Waals surface area contributed by atoms with Gasteiger partial charge in [0.2, 0.25) is 0 Å². The van der Waals surface area contributed by atoms with E-state index in [9.17, 15) is 18.0 Å². The lowest BCUT2D eigenvalue weighted by atomic mass is 10.2. The van der Waals surface area contributed by atoms with Crippen molar-refractivity contribution in [3.05, 3.63) is 30.1 Å². The number of thiazole rings is 1. The molecule has 32 heavy (non-hydrogen) atoms. The van der Waals surface area contributed by atoms with Gasteiger partial charge in [-0.1, -0.05) is 23.5 Å². The zero-order valence-corrected chi connectivity index (χ0v) is 19.4. The number of methoxy groups -OCH3 is 1. The van der Waals surface area contributed by atoms with Gasteiger partial charge in [-0.2, -0.15) is 0 Å². The summed E-state index contributed by atoms with van der Waals surface area (Å²) in [5, 5.41) is 3.41. The molecule has 3 aromatic rings. The van der Waals surface area contributed by atoms with Gasteiger partial charge in [0.05, 0.1) is 24.9 Å². The molecule has 2 heterocycles. The summed E-state index contributed by atoms with van der Waals surface area (Å²) in [7, 11) is -1.13. The molecule has 0 aliphatic rings. The molecule has 1 aromatic carbocycles. The van der Waals surface area contributed by atoms with E-state index in [0.29, 0.717) is 27.4 Å². The number of carbonyl (C=O) groups is 2. The van der Waals surface area contributed by atoms with E-state index < -0.39 is 22.0 Å². The first-order chi connectivity index (χ1) is 15.2. The number of carbonyl (C=O) groups excluding carboxylic acids is 2. The number of nitrogens with zero attached hydrogens (tertiary/aromatic N) is 2. The molecule has 2 amide bonds. The van der Waals surface area contributed by atoms with Crippen LogP contribution in [0.1, 0.15) is 12.6 Å². The predicted molar refractivity (Wildman–Crippen MR) is 118 cm³/mol. The van der Waals surface area contributed by atoms with E-state index in [1.54, 1.807) is 39.1 Å². The Hall–Kier alpha value is -3.32. The Morgan fingerprint density at radius 2 is 2.03 bits per heavy atom. The third-order valence-corrected chi connectivity index (χ3v) is 6.65. The van der Waals surface area contributed by atoms with Crippen LogP contribution in [0, 0.1) is 6.92 Å². The molecule has 0 unspecified atom stereocenters. The summed E-state index contributed by atoms with van der Waals surface area (Å²) in [6.45, 7) is 3.28. The van der Waals surface area contributed by atoms with Crippen LogP contribution in [0.2, 0.25) is 0 Å². The number of rotatable bonds is 8. The SMILES string of the molecule is CCOC(=O)COc1cccc2c(S(=O)(=O)NC(=O)Nc3nc(C)c(OC)s3)cn(C)c12. The fourth-order valence-corrected chi connectivity index (χ4v) is 4.92. The molecule has 3 rings (SSSR count). The molecule has 0 fully saturated rings. The van der Waals surface area contributed by atoms with E-state index >= 15 is 0 Å². The Labute approximate surface area is 188 Å². The molecule has 0 saturated carbocycles. The van der Waals surface area contributed by atoms with Crippen molar-refractivity contribution in [1.29, 1.82) is 0 Å². The summed E-state index contributed by atoms with van der Waals surface area (Å²) in [6.07, 6.45) is 1.36. The molecule has 0 saturated heterocycles. The van der Waals surface area contributed by atoms with E-state index in [1.807, 2.05) is 4.72 Å². The van der Waals surface area contributed by atoms with Crippen LogP contribution in [-0.2, 0) is 26.6 Å². The number of ether oxygens (including phenoxy) is 3. The molecule has 0 radical (unpaired) electrons. The molecule has 0 aliphatic heterocycles. The Balaban J connectivity index is 1.83. The topological polar surface area (TPSA) is 138 Å². The van der Waals surface area contributed by atoms with Crippen LogP contribution in [0.4, 0.5) is 9.93 Å². The summed E-state index contributed by atoms with van der Waals surface area (Å²) in [6, 6.07) is 3.81. The molecule has 0 spiro atoms. The third kappa shape index (κ3) is 4.94. The molecular formula is C19H22N4O7S2. The summed E-state index contributed by atoms with van der Waals surface area (Å²) in [4.78, 5) is 27.9. The second-order valence-electron chi connectivity index (χ2n) is 6.51. The first-order valence-electron chi connectivity index (χ1n) is 9.38. The Morgan fingerprint density at radius 1 is 1.28 bits per heavy atom. The van der Waals surface area contributed by atoms with Crippen LogP contribution < -0.4 is 19.5 Å². The standard InChI is InChI=1S/C19H22N4O7S2/c1-5-29-15(24)10-30-13-8-6-7-12-14(9-23(3)16(12)13)32(26,27)22-18(25)21-19-20-11(2)17(28-4)31-19/h6-9H,5,10H2,1-4H3,(H2,20,21,22,25). The highest BCUT2D eigenvalue weighted by Crippen LogP contribution is 2.32. The van der Waals surface area contributed by atoms with Gasteiger partial charge in [0, 0.05) is 18.6 Å². The van der Waals surface area contributed by atoms with Crippen LogP contribution >= 0.6 is 11.3 Å². The molecular weight excluding hydrogens is 460 g/mol. The zero-order valence-electron chi connectivity index (χ0n) is 17.8. The Kier molecular flexibility index (Phi) is 6.89. The van der Waals surface area contributed by atoms with Gasteiger partial charge in [-0.05, 0) is 19.9 Å². The lowest BCUT2D eigenvalue weighted by Crippen LogP contribution is -2.34. The molecule has 0 bridgehead atoms. The number of nitrogens with one attached hydrogen (secondary N) is 2. The van der Waals surface area contributed by atoms with Crippen molar-refractivity contribution < 1.29 is 32.2 Å². The smallest absolute Gasteiger partial charge is 0.344 e. The second kappa shape index (κ2) is 9.44. The molecule has 172 valence electrons. The van der Waals surface area contributed by atoms with Gasteiger partial charge in [0.25, 0.3) is 10.0 Å². The van der Waals surface area contributed by atoms with Gasteiger partial charge in [-0.25, -0.2) is 27.7 Å². The van der Waals surface area contributed by atoms with Crippen LogP contribution in [0.25, 0.3) is 10.9 Å². The summed E-state index contributed by atoms with van der Waals surface area (Å²) in [5.41, 5.74) is 1.01. The molecule has 0 aliphatic carbocycles. The highest BCUT2D eigenvalue weighted by Gasteiger charge is 2.25. The van der Waals surface area contributed by atoms with Gasteiger partial charge < -0.3 is 18.8 Å². The lowest BCUT2D eigenvalue weighted by molar-refractivity contribution is -0.145. The first-order valence-corrected chi connectivity index (χ1v) is 11.7. The number of urea groups is 1. The van der Waals surface area contributed by atoms with Crippen molar-refractivity contribution in [3.63, 3.8) is 0 Å². The second-order valence-corrected chi connectivity index (χ2v) is 9.12. The average molecular weight is 483 g/mol. The maximum absolute atomic E-state index is 12.9. The van der Waals surface area contributed by atoms with Gasteiger partial charge >= 0.3 is 12.0 Å². The normalized spacial score (nSPS) is 11.2. The van der Waals surface area contributed by atoms with Gasteiger partial charge in [0.1, 0.15) is 10.6 Å². The fourth-order valence-electron chi connectivity index (χ4n) is 2.99. The molecule has 11 nitrogen and oxygen atoms in total. The summed E-state index contributed by atoms with van der Waals surface area (Å²) >= 11 is 1.07. The number of esters is 1. The van der Waals surface area contributed by atoms with E-state index in [2.05, 4.69) is 10.3 Å². The molecule has 13 heteroatoms. The summed E-state index contributed by atoms with van der Waals surface area (Å²) in [5.74, 6) is -0.242. The van der Waals surface area contributed by atoms with Crippen LogP contribution in [0.15, 0.2) is 29.3 Å². The van der Waals surface area contributed by atoms with E-state index in [4.69, 9.17) is 14.2 Å². The summed E-state index contributed by atoms with van der Waals surface area (Å²) < 4.78 is 44.8. The highest BCUT2D eigenvalue weighted by atomic mass is 32.2. The maximum Gasteiger partial charge on any atom is 0.344 e. The van der Waals surface area contributed by atoms with Crippen LogP contribution in [0.5, 0.6) is 10.8 Å². The monoisotopic (exact) mass is 482 g/mol. The molecule has 0 atom stereocenters.